The van der Waals surface area contributed by atoms with Crippen molar-refractivity contribution in [3.8, 4) is 0 Å². The lowest BCUT2D eigenvalue weighted by Gasteiger charge is -2.29. The summed E-state index contributed by atoms with van der Waals surface area (Å²) >= 11 is 10.1. The molecule has 2 nitrogen and oxygen atoms in total. The predicted molar refractivity (Wildman–Crippen MR) is 93.0 cm³/mol. The molecule has 3 rings (SSSR count). The molecule has 0 unspecified atom stereocenters. The van der Waals surface area contributed by atoms with Crippen molar-refractivity contribution in [1.82, 2.24) is 0 Å². The number of nitrogens with zero attached hydrogens (tertiary/aromatic N) is 1. The Labute approximate surface area is 140 Å². The van der Waals surface area contributed by atoms with Gasteiger partial charge in [-0.3, -0.25) is 4.79 Å². The van der Waals surface area contributed by atoms with E-state index in [-0.39, 0.29) is 5.91 Å². The van der Waals surface area contributed by atoms with Gasteiger partial charge in [0.15, 0.2) is 0 Å². The molecular weight excluding hydrogens is 405 g/mol. The minimum absolute atomic E-state index is 0.0102. The number of hydrogen-bond donors (Lipinski definition) is 0. The molecule has 0 spiro atoms. The van der Waals surface area contributed by atoms with E-state index >= 15 is 0 Å². The summed E-state index contributed by atoms with van der Waals surface area (Å²) in [6.07, 6.45) is 0. The highest BCUT2D eigenvalue weighted by Crippen LogP contribution is 2.35. The van der Waals surface area contributed by atoms with Crippen LogP contribution in [0.25, 0.3) is 0 Å². The Morgan fingerprint density at radius 1 is 1.25 bits per heavy atom. The van der Waals surface area contributed by atoms with Gasteiger partial charge in [0.2, 0.25) is 0 Å². The molecule has 1 heterocycles. The van der Waals surface area contributed by atoms with Crippen molar-refractivity contribution in [3.63, 3.8) is 0 Å². The number of anilines is 1. The second-order valence-corrected chi connectivity index (χ2v) is 7.11. The van der Waals surface area contributed by atoms with Crippen molar-refractivity contribution in [2.24, 2.45) is 0 Å². The molecule has 0 saturated heterocycles. The Bertz CT molecular complexity index is 677. The fourth-order valence-corrected chi connectivity index (χ4v) is 3.68. The Balaban J connectivity index is 1.97. The molecule has 102 valence electrons. The fraction of sp³-hybridized carbons (Fsp3) is 0.133. The summed E-state index contributed by atoms with van der Waals surface area (Å²) in [5, 5.41) is 0.621. The lowest BCUT2D eigenvalue weighted by molar-refractivity contribution is 0.0987. The monoisotopic (exact) mass is 415 g/mol. The largest absolute Gasteiger partial charge is 0.306 e. The van der Waals surface area contributed by atoms with Gasteiger partial charge in [-0.15, -0.1) is 11.8 Å². The highest BCUT2D eigenvalue weighted by Gasteiger charge is 2.23. The first-order valence-electron chi connectivity index (χ1n) is 6.15. The van der Waals surface area contributed by atoms with E-state index in [2.05, 4.69) is 28.7 Å². The summed E-state index contributed by atoms with van der Waals surface area (Å²) < 4.78 is 0.954. The van der Waals surface area contributed by atoms with Gasteiger partial charge >= 0.3 is 0 Å². The van der Waals surface area contributed by atoms with E-state index in [1.54, 1.807) is 17.8 Å². The van der Waals surface area contributed by atoms with E-state index in [0.29, 0.717) is 10.6 Å². The van der Waals surface area contributed by atoms with E-state index in [1.807, 2.05) is 35.2 Å². The normalized spacial score (nSPS) is 14.0. The first-order valence-corrected chi connectivity index (χ1v) is 8.60. The third kappa shape index (κ3) is 2.69. The van der Waals surface area contributed by atoms with E-state index < -0.39 is 0 Å². The number of carbonyl (C=O) groups is 1. The number of fused-ring (bicyclic) bond motifs is 1. The van der Waals surface area contributed by atoms with Crippen molar-refractivity contribution < 1.29 is 4.79 Å². The van der Waals surface area contributed by atoms with Crippen molar-refractivity contribution in [3.05, 3.63) is 56.6 Å². The molecule has 0 radical (unpaired) electrons. The van der Waals surface area contributed by atoms with Crippen LogP contribution in [0.15, 0.2) is 47.4 Å². The van der Waals surface area contributed by atoms with Gasteiger partial charge < -0.3 is 4.90 Å². The summed E-state index contributed by atoms with van der Waals surface area (Å²) in [6.45, 7) is 0.726. The summed E-state index contributed by atoms with van der Waals surface area (Å²) in [4.78, 5) is 15.7. The Kier molecular flexibility index (Phi) is 4.23. The van der Waals surface area contributed by atoms with Crippen molar-refractivity contribution >= 4 is 57.5 Å². The van der Waals surface area contributed by atoms with Gasteiger partial charge in [-0.1, -0.05) is 23.7 Å². The SMILES string of the molecule is O=C(c1ccc(I)c(Cl)c1)N1CCSc2ccccc21. The molecule has 2 aromatic carbocycles. The van der Waals surface area contributed by atoms with Gasteiger partial charge in [-0.05, 0) is 52.9 Å². The zero-order valence-electron chi connectivity index (χ0n) is 10.5. The second-order valence-electron chi connectivity index (χ2n) is 4.40. The maximum atomic E-state index is 12.7. The van der Waals surface area contributed by atoms with E-state index in [1.165, 1.54) is 0 Å². The average Bonchev–Trinajstić information content (AvgIpc) is 2.49. The number of amides is 1. The van der Waals surface area contributed by atoms with Gasteiger partial charge in [0, 0.05) is 26.3 Å². The Hall–Kier alpha value is -0.720. The summed E-state index contributed by atoms with van der Waals surface area (Å²) in [5.74, 6) is 0.928. The van der Waals surface area contributed by atoms with Crippen molar-refractivity contribution in [2.75, 3.05) is 17.2 Å². The molecule has 20 heavy (non-hydrogen) atoms. The molecule has 0 aliphatic carbocycles. The average molecular weight is 416 g/mol. The summed E-state index contributed by atoms with van der Waals surface area (Å²) in [5.41, 5.74) is 1.63. The highest BCUT2D eigenvalue weighted by atomic mass is 127. The Morgan fingerprint density at radius 3 is 2.85 bits per heavy atom. The van der Waals surface area contributed by atoms with Gasteiger partial charge in [0.05, 0.1) is 10.7 Å². The summed E-state index contributed by atoms with van der Waals surface area (Å²) in [6, 6.07) is 13.5. The first-order chi connectivity index (χ1) is 9.66. The van der Waals surface area contributed by atoms with Crippen LogP contribution in [0.2, 0.25) is 5.02 Å². The number of para-hydroxylation sites is 1. The fourth-order valence-electron chi connectivity index (χ4n) is 2.17. The van der Waals surface area contributed by atoms with Crippen LogP contribution in [0.1, 0.15) is 10.4 Å². The number of halogens is 2. The van der Waals surface area contributed by atoms with Crippen LogP contribution < -0.4 is 4.90 Å². The number of carbonyl (C=O) groups excluding carboxylic acids is 1. The maximum absolute atomic E-state index is 12.7. The van der Waals surface area contributed by atoms with Gasteiger partial charge in [0.25, 0.3) is 5.91 Å². The molecule has 1 aliphatic heterocycles. The van der Waals surface area contributed by atoms with Crippen LogP contribution in [-0.2, 0) is 0 Å². The van der Waals surface area contributed by atoms with Crippen LogP contribution in [0, 0.1) is 3.57 Å². The molecule has 0 fully saturated rings. The van der Waals surface area contributed by atoms with Crippen molar-refractivity contribution in [1.29, 1.82) is 0 Å². The topological polar surface area (TPSA) is 20.3 Å². The molecule has 1 amide bonds. The molecule has 0 bridgehead atoms. The Morgan fingerprint density at radius 2 is 2.05 bits per heavy atom. The lowest BCUT2D eigenvalue weighted by Crippen LogP contribution is -2.35. The smallest absolute Gasteiger partial charge is 0.258 e. The zero-order valence-corrected chi connectivity index (χ0v) is 14.2. The highest BCUT2D eigenvalue weighted by molar-refractivity contribution is 14.1. The van der Waals surface area contributed by atoms with Crippen LogP contribution in [0.3, 0.4) is 0 Å². The molecule has 0 N–H and O–H groups in total. The summed E-state index contributed by atoms with van der Waals surface area (Å²) in [7, 11) is 0. The van der Waals surface area contributed by atoms with E-state index in [0.717, 1.165) is 26.5 Å². The number of thioether (sulfide) groups is 1. The third-order valence-corrected chi connectivity index (χ3v) is 5.76. The molecule has 0 atom stereocenters. The number of benzene rings is 2. The predicted octanol–water partition coefficient (Wildman–Crippen LogP) is 4.70. The van der Waals surface area contributed by atoms with E-state index in [4.69, 9.17) is 11.6 Å². The van der Waals surface area contributed by atoms with Gasteiger partial charge in [-0.25, -0.2) is 0 Å². The molecular formula is C15H11ClINOS. The zero-order chi connectivity index (χ0) is 14.1. The molecule has 2 aromatic rings. The van der Waals surface area contributed by atoms with Crippen LogP contribution in [-0.4, -0.2) is 18.2 Å². The molecule has 5 heteroatoms. The van der Waals surface area contributed by atoms with Crippen molar-refractivity contribution in [2.45, 2.75) is 4.90 Å². The maximum Gasteiger partial charge on any atom is 0.258 e. The number of hydrogen-bond acceptors (Lipinski definition) is 2. The van der Waals surface area contributed by atoms with Crippen LogP contribution in [0.4, 0.5) is 5.69 Å². The van der Waals surface area contributed by atoms with Gasteiger partial charge in [-0.2, -0.15) is 0 Å². The standard InChI is InChI=1S/C15H11ClINOS/c16-11-9-10(5-6-12(11)17)15(19)18-7-8-20-14-4-2-1-3-13(14)18/h1-6,9H,7-8H2. The van der Waals surface area contributed by atoms with Gasteiger partial charge in [0.1, 0.15) is 0 Å². The number of rotatable bonds is 1. The lowest BCUT2D eigenvalue weighted by atomic mass is 10.1. The minimum Gasteiger partial charge on any atom is -0.306 e. The van der Waals surface area contributed by atoms with Crippen LogP contribution in [0.5, 0.6) is 0 Å². The first kappa shape index (κ1) is 14.2. The molecule has 0 aromatic heterocycles. The molecule has 1 aliphatic rings. The third-order valence-electron chi connectivity index (χ3n) is 3.14. The molecule has 0 saturated carbocycles. The quantitative estimate of drug-likeness (QED) is 0.630. The second kappa shape index (κ2) is 5.95. The van der Waals surface area contributed by atoms with E-state index in [9.17, 15) is 4.79 Å². The van der Waals surface area contributed by atoms with Crippen LogP contribution >= 0.6 is 46.0 Å². The minimum atomic E-state index is 0.0102.